The second-order valence-corrected chi connectivity index (χ2v) is 4.96. The molecule has 1 aliphatic carbocycles. The number of carbonyl (C=O) groups excluding carboxylic acids is 2. The minimum Gasteiger partial charge on any atom is -0.466 e. The predicted octanol–water partition coefficient (Wildman–Crippen LogP) is 2.21. The van der Waals surface area contributed by atoms with Gasteiger partial charge in [-0.3, -0.25) is 9.59 Å². The van der Waals surface area contributed by atoms with Crippen LogP contribution in [0.25, 0.3) is 0 Å². The molecule has 0 spiro atoms. The summed E-state index contributed by atoms with van der Waals surface area (Å²) in [5.41, 5.74) is 0.0110. The summed E-state index contributed by atoms with van der Waals surface area (Å²) in [4.78, 5) is 22.9. The monoisotopic (exact) mass is 280 g/mol. The number of benzene rings is 1. The minimum absolute atomic E-state index is 0.0647. The van der Waals surface area contributed by atoms with Crippen LogP contribution >= 0.6 is 0 Å². The summed E-state index contributed by atoms with van der Waals surface area (Å²) in [7, 11) is 0. The molecule has 1 saturated carbocycles. The average Bonchev–Trinajstić information content (AvgIpc) is 3.13. The van der Waals surface area contributed by atoms with Crippen LogP contribution < -0.4 is 0 Å². The molecule has 20 heavy (non-hydrogen) atoms. The molecule has 0 amide bonds. The first kappa shape index (κ1) is 14.5. The molecule has 2 atom stereocenters. The zero-order valence-electron chi connectivity index (χ0n) is 11.5. The highest BCUT2D eigenvalue weighted by Crippen LogP contribution is 2.55. The van der Waals surface area contributed by atoms with Crippen LogP contribution in [0.3, 0.4) is 0 Å². The van der Waals surface area contributed by atoms with Crippen molar-refractivity contribution >= 4 is 11.9 Å². The maximum absolute atomic E-state index is 13.4. The molecule has 4 nitrogen and oxygen atoms in total. The summed E-state index contributed by atoms with van der Waals surface area (Å²) in [5, 5.41) is 0. The van der Waals surface area contributed by atoms with E-state index in [-0.39, 0.29) is 24.3 Å². The third kappa shape index (κ3) is 2.81. The molecule has 0 radical (unpaired) electrons. The van der Waals surface area contributed by atoms with E-state index < -0.39 is 11.4 Å². The van der Waals surface area contributed by atoms with E-state index in [1.54, 1.807) is 19.1 Å². The van der Waals surface area contributed by atoms with Crippen molar-refractivity contribution in [1.29, 1.82) is 0 Å². The van der Waals surface area contributed by atoms with Crippen LogP contribution in [0.4, 0.5) is 4.39 Å². The Labute approximate surface area is 116 Å². The van der Waals surface area contributed by atoms with Crippen molar-refractivity contribution in [2.24, 2.45) is 5.92 Å². The Balaban J connectivity index is 2.23. The SMILES string of the molecule is CCOC(=O)[C@H]1C[C@@]1(COC(C)=O)c1cccc(F)c1. The van der Waals surface area contributed by atoms with E-state index in [0.717, 1.165) is 0 Å². The van der Waals surface area contributed by atoms with E-state index in [0.29, 0.717) is 18.6 Å². The normalized spacial score (nSPS) is 24.1. The van der Waals surface area contributed by atoms with Gasteiger partial charge in [0, 0.05) is 12.3 Å². The van der Waals surface area contributed by atoms with Crippen LogP contribution in [0.1, 0.15) is 25.8 Å². The second kappa shape index (κ2) is 5.61. The van der Waals surface area contributed by atoms with Crippen molar-refractivity contribution < 1.29 is 23.5 Å². The van der Waals surface area contributed by atoms with Gasteiger partial charge in [-0.1, -0.05) is 12.1 Å². The van der Waals surface area contributed by atoms with Gasteiger partial charge < -0.3 is 9.47 Å². The number of esters is 2. The van der Waals surface area contributed by atoms with Crippen molar-refractivity contribution in [1.82, 2.24) is 0 Å². The molecule has 108 valence electrons. The van der Waals surface area contributed by atoms with Gasteiger partial charge in [0.2, 0.25) is 0 Å². The van der Waals surface area contributed by atoms with E-state index in [1.165, 1.54) is 19.1 Å². The smallest absolute Gasteiger partial charge is 0.309 e. The number of halogens is 1. The molecule has 1 fully saturated rings. The molecular formula is C15H17FO4. The Bertz CT molecular complexity index is 528. The molecule has 0 aromatic heterocycles. The van der Waals surface area contributed by atoms with Gasteiger partial charge >= 0.3 is 11.9 Å². The fourth-order valence-corrected chi connectivity index (χ4v) is 2.45. The standard InChI is InChI=1S/C15H17FO4/c1-3-19-14(18)13-8-15(13,9-20-10(2)17)11-5-4-6-12(16)7-11/h4-7,13H,3,8-9H2,1-2H3/t13-,15-/m1/s1. The summed E-state index contributed by atoms with van der Waals surface area (Å²) in [6.07, 6.45) is 0.503. The molecule has 5 heteroatoms. The lowest BCUT2D eigenvalue weighted by Crippen LogP contribution is -2.24. The molecule has 0 N–H and O–H groups in total. The van der Waals surface area contributed by atoms with Gasteiger partial charge in [0.15, 0.2) is 0 Å². The van der Waals surface area contributed by atoms with Gasteiger partial charge in [0.1, 0.15) is 12.4 Å². The first-order valence-electron chi connectivity index (χ1n) is 6.55. The minimum atomic E-state index is -0.653. The summed E-state index contributed by atoms with van der Waals surface area (Å²) >= 11 is 0. The molecule has 0 unspecified atom stereocenters. The van der Waals surface area contributed by atoms with Gasteiger partial charge in [-0.2, -0.15) is 0 Å². The Hall–Kier alpha value is -1.91. The van der Waals surface area contributed by atoms with Crippen molar-refractivity contribution in [2.45, 2.75) is 25.7 Å². The molecule has 0 aliphatic heterocycles. The van der Waals surface area contributed by atoms with E-state index in [1.807, 2.05) is 0 Å². The highest BCUT2D eigenvalue weighted by Gasteiger charge is 2.61. The number of carbonyl (C=O) groups is 2. The molecule has 1 aromatic rings. The Morgan fingerprint density at radius 3 is 2.75 bits per heavy atom. The quantitative estimate of drug-likeness (QED) is 0.776. The summed E-state index contributed by atoms with van der Waals surface area (Å²) in [5.74, 6) is -1.51. The number of ether oxygens (including phenoxy) is 2. The largest absolute Gasteiger partial charge is 0.466 e. The molecule has 0 saturated heterocycles. The zero-order chi connectivity index (χ0) is 14.8. The van der Waals surface area contributed by atoms with Gasteiger partial charge in [0.05, 0.1) is 12.5 Å². The Morgan fingerprint density at radius 2 is 2.15 bits per heavy atom. The third-order valence-electron chi connectivity index (χ3n) is 3.58. The van der Waals surface area contributed by atoms with Crippen LogP contribution in [-0.4, -0.2) is 25.2 Å². The molecular weight excluding hydrogens is 263 g/mol. The maximum atomic E-state index is 13.4. The van der Waals surface area contributed by atoms with Crippen molar-refractivity contribution in [3.05, 3.63) is 35.6 Å². The van der Waals surface area contributed by atoms with E-state index in [9.17, 15) is 14.0 Å². The number of hydrogen-bond donors (Lipinski definition) is 0. The number of rotatable bonds is 5. The lowest BCUT2D eigenvalue weighted by Gasteiger charge is -2.17. The average molecular weight is 280 g/mol. The van der Waals surface area contributed by atoms with Crippen LogP contribution in [0.2, 0.25) is 0 Å². The maximum Gasteiger partial charge on any atom is 0.309 e. The fraction of sp³-hybridized carbons (Fsp3) is 0.467. The molecule has 0 heterocycles. The second-order valence-electron chi connectivity index (χ2n) is 4.96. The van der Waals surface area contributed by atoms with Gasteiger partial charge in [-0.25, -0.2) is 4.39 Å². The van der Waals surface area contributed by atoms with Crippen LogP contribution in [0.5, 0.6) is 0 Å². The summed E-state index contributed by atoms with van der Waals surface area (Å²) < 4.78 is 23.4. The van der Waals surface area contributed by atoms with Gasteiger partial charge in [-0.15, -0.1) is 0 Å². The van der Waals surface area contributed by atoms with Crippen LogP contribution in [0.15, 0.2) is 24.3 Å². The predicted molar refractivity (Wildman–Crippen MR) is 69.5 cm³/mol. The zero-order valence-corrected chi connectivity index (χ0v) is 11.5. The first-order chi connectivity index (χ1) is 9.49. The number of hydrogen-bond acceptors (Lipinski definition) is 4. The topological polar surface area (TPSA) is 52.6 Å². The summed E-state index contributed by atoms with van der Waals surface area (Å²) in [6.45, 7) is 3.40. The van der Waals surface area contributed by atoms with E-state index in [2.05, 4.69) is 0 Å². The fourth-order valence-electron chi connectivity index (χ4n) is 2.45. The highest BCUT2D eigenvalue weighted by molar-refractivity contribution is 5.79. The summed E-state index contributed by atoms with van der Waals surface area (Å²) in [6, 6.07) is 6.04. The molecule has 1 aliphatic rings. The van der Waals surface area contributed by atoms with Crippen molar-refractivity contribution in [2.75, 3.05) is 13.2 Å². The van der Waals surface area contributed by atoms with Gasteiger partial charge in [-0.05, 0) is 31.0 Å². The Kier molecular flexibility index (Phi) is 4.06. The van der Waals surface area contributed by atoms with Crippen LogP contribution in [0, 0.1) is 11.7 Å². The lowest BCUT2D eigenvalue weighted by molar-refractivity contribution is -0.147. The molecule has 0 bridgehead atoms. The molecule has 2 rings (SSSR count). The van der Waals surface area contributed by atoms with Crippen molar-refractivity contribution in [3.63, 3.8) is 0 Å². The lowest BCUT2D eigenvalue weighted by atomic mass is 9.94. The van der Waals surface area contributed by atoms with Crippen molar-refractivity contribution in [3.8, 4) is 0 Å². The van der Waals surface area contributed by atoms with E-state index >= 15 is 0 Å². The molecule has 1 aromatic carbocycles. The highest BCUT2D eigenvalue weighted by atomic mass is 19.1. The van der Waals surface area contributed by atoms with Gasteiger partial charge in [0.25, 0.3) is 0 Å². The Morgan fingerprint density at radius 1 is 1.40 bits per heavy atom. The third-order valence-corrected chi connectivity index (χ3v) is 3.58. The van der Waals surface area contributed by atoms with E-state index in [4.69, 9.17) is 9.47 Å². The van der Waals surface area contributed by atoms with Crippen LogP contribution in [-0.2, 0) is 24.5 Å². The first-order valence-corrected chi connectivity index (χ1v) is 6.55.